The number of methoxy groups -OCH3 is 1. The molecule has 1 N–H and O–H groups in total. The van der Waals surface area contributed by atoms with Crippen LogP contribution >= 0.6 is 0 Å². The molecule has 14 heavy (non-hydrogen) atoms. The second kappa shape index (κ2) is 6.40. The minimum Gasteiger partial charge on any atom is -0.453 e. The molecule has 0 rings (SSSR count). The van der Waals surface area contributed by atoms with E-state index in [1.807, 2.05) is 20.8 Å². The van der Waals surface area contributed by atoms with Crippen LogP contribution in [0.2, 0.25) is 0 Å². The zero-order valence-corrected chi connectivity index (χ0v) is 9.29. The van der Waals surface area contributed by atoms with Gasteiger partial charge in [0.1, 0.15) is 0 Å². The molecule has 1 atom stereocenters. The summed E-state index contributed by atoms with van der Waals surface area (Å²) in [5.41, 5.74) is 0. The molecule has 4 nitrogen and oxygen atoms in total. The Morgan fingerprint density at radius 3 is 2.29 bits per heavy atom. The smallest absolute Gasteiger partial charge is 0.407 e. The first-order valence-corrected chi connectivity index (χ1v) is 4.90. The van der Waals surface area contributed by atoms with Gasteiger partial charge in [-0.3, -0.25) is 4.79 Å². The van der Waals surface area contributed by atoms with Crippen molar-refractivity contribution >= 4 is 11.9 Å². The Morgan fingerprint density at radius 1 is 1.36 bits per heavy atom. The van der Waals surface area contributed by atoms with E-state index in [2.05, 4.69) is 10.1 Å². The summed E-state index contributed by atoms with van der Waals surface area (Å²) in [6.45, 7) is 5.73. The van der Waals surface area contributed by atoms with Gasteiger partial charge in [-0.25, -0.2) is 4.79 Å². The van der Waals surface area contributed by atoms with Gasteiger partial charge in [0.2, 0.25) is 0 Å². The number of carbonyl (C=O) groups is 2. The Bertz CT molecular complexity index is 202. The van der Waals surface area contributed by atoms with Gasteiger partial charge in [-0.2, -0.15) is 0 Å². The zero-order chi connectivity index (χ0) is 11.1. The SMILES string of the molecule is CCCC(=O)[C@H](NC(=O)OC)C(C)C. The van der Waals surface area contributed by atoms with Crippen LogP contribution in [0.1, 0.15) is 33.6 Å². The Morgan fingerprint density at radius 2 is 1.93 bits per heavy atom. The molecule has 0 aliphatic heterocycles. The van der Waals surface area contributed by atoms with Crippen LogP contribution in [0, 0.1) is 5.92 Å². The van der Waals surface area contributed by atoms with Crippen molar-refractivity contribution in [3.05, 3.63) is 0 Å². The van der Waals surface area contributed by atoms with E-state index in [4.69, 9.17) is 0 Å². The summed E-state index contributed by atoms with van der Waals surface area (Å²) in [4.78, 5) is 22.5. The number of carbonyl (C=O) groups excluding carboxylic acids is 2. The highest BCUT2D eigenvalue weighted by atomic mass is 16.5. The van der Waals surface area contributed by atoms with Gasteiger partial charge in [-0.05, 0) is 12.3 Å². The van der Waals surface area contributed by atoms with Crippen molar-refractivity contribution in [2.75, 3.05) is 7.11 Å². The Balaban J connectivity index is 4.29. The summed E-state index contributed by atoms with van der Waals surface area (Å²) in [5, 5.41) is 2.54. The van der Waals surface area contributed by atoms with Crippen LogP contribution in [0.5, 0.6) is 0 Å². The standard InChI is InChI=1S/C10H19NO3/c1-5-6-8(12)9(7(2)3)11-10(13)14-4/h7,9H,5-6H2,1-4H3,(H,11,13)/t9-/m1/s1. The van der Waals surface area contributed by atoms with Crippen molar-refractivity contribution in [1.29, 1.82) is 0 Å². The number of amides is 1. The first-order valence-electron chi connectivity index (χ1n) is 4.90. The molecular formula is C10H19NO3. The maximum atomic E-state index is 11.6. The first kappa shape index (κ1) is 12.9. The number of nitrogens with one attached hydrogen (secondary N) is 1. The molecule has 0 radical (unpaired) electrons. The molecule has 0 bridgehead atoms. The monoisotopic (exact) mass is 201 g/mol. The van der Waals surface area contributed by atoms with Gasteiger partial charge in [-0.1, -0.05) is 20.8 Å². The van der Waals surface area contributed by atoms with E-state index >= 15 is 0 Å². The van der Waals surface area contributed by atoms with Crippen LogP contribution in [0.4, 0.5) is 4.79 Å². The summed E-state index contributed by atoms with van der Waals surface area (Å²) >= 11 is 0. The fourth-order valence-corrected chi connectivity index (χ4v) is 1.21. The fraction of sp³-hybridized carbons (Fsp3) is 0.800. The average Bonchev–Trinajstić information content (AvgIpc) is 2.13. The van der Waals surface area contributed by atoms with Crippen LogP contribution in [-0.4, -0.2) is 25.0 Å². The van der Waals surface area contributed by atoms with E-state index in [0.29, 0.717) is 6.42 Å². The zero-order valence-electron chi connectivity index (χ0n) is 9.29. The lowest BCUT2D eigenvalue weighted by molar-refractivity contribution is -0.121. The molecule has 1 amide bonds. The highest BCUT2D eigenvalue weighted by molar-refractivity contribution is 5.87. The lowest BCUT2D eigenvalue weighted by Crippen LogP contribution is -2.44. The largest absolute Gasteiger partial charge is 0.453 e. The molecule has 0 aliphatic rings. The first-order chi connectivity index (χ1) is 6.52. The molecule has 0 unspecified atom stereocenters. The van der Waals surface area contributed by atoms with E-state index in [-0.39, 0.29) is 11.7 Å². The highest BCUT2D eigenvalue weighted by Gasteiger charge is 2.23. The van der Waals surface area contributed by atoms with Crippen molar-refractivity contribution in [3.63, 3.8) is 0 Å². The summed E-state index contributed by atoms with van der Waals surface area (Å²) in [7, 11) is 1.29. The number of hydrogen-bond donors (Lipinski definition) is 1. The number of rotatable bonds is 5. The second-order valence-electron chi connectivity index (χ2n) is 3.57. The lowest BCUT2D eigenvalue weighted by atomic mass is 9.97. The Kier molecular flexibility index (Phi) is 5.92. The third-order valence-electron chi connectivity index (χ3n) is 1.97. The molecule has 0 aromatic heterocycles. The predicted octanol–water partition coefficient (Wildman–Crippen LogP) is 1.74. The molecule has 0 spiro atoms. The molecule has 0 aliphatic carbocycles. The average molecular weight is 201 g/mol. The second-order valence-corrected chi connectivity index (χ2v) is 3.57. The Hall–Kier alpha value is -1.06. The number of alkyl carbamates (subject to hydrolysis) is 1. The number of hydrogen-bond acceptors (Lipinski definition) is 3. The van der Waals surface area contributed by atoms with Gasteiger partial charge < -0.3 is 10.1 Å². The van der Waals surface area contributed by atoms with Crippen LogP contribution < -0.4 is 5.32 Å². The summed E-state index contributed by atoms with van der Waals surface area (Å²) in [5.74, 6) is 0.154. The molecule has 0 heterocycles. The molecule has 82 valence electrons. The molecule has 0 saturated heterocycles. The fourth-order valence-electron chi connectivity index (χ4n) is 1.21. The van der Waals surface area contributed by atoms with Gasteiger partial charge in [0.05, 0.1) is 13.2 Å². The predicted molar refractivity (Wildman–Crippen MR) is 54.1 cm³/mol. The minimum atomic E-state index is -0.548. The topological polar surface area (TPSA) is 55.4 Å². The van der Waals surface area contributed by atoms with E-state index < -0.39 is 12.1 Å². The van der Waals surface area contributed by atoms with Gasteiger partial charge in [0.25, 0.3) is 0 Å². The summed E-state index contributed by atoms with van der Waals surface area (Å²) < 4.78 is 4.46. The molecule has 0 aromatic rings. The van der Waals surface area contributed by atoms with Gasteiger partial charge >= 0.3 is 6.09 Å². The lowest BCUT2D eigenvalue weighted by Gasteiger charge is -2.19. The van der Waals surface area contributed by atoms with Crippen molar-refractivity contribution in [1.82, 2.24) is 5.32 Å². The van der Waals surface area contributed by atoms with Crippen LogP contribution in [0.15, 0.2) is 0 Å². The number of Topliss-reactive ketones (excluding diaryl/α,β-unsaturated/α-hetero) is 1. The molecular weight excluding hydrogens is 182 g/mol. The maximum Gasteiger partial charge on any atom is 0.407 e. The van der Waals surface area contributed by atoms with Crippen LogP contribution in [-0.2, 0) is 9.53 Å². The minimum absolute atomic E-state index is 0.0629. The van der Waals surface area contributed by atoms with Crippen LogP contribution in [0.25, 0.3) is 0 Å². The van der Waals surface area contributed by atoms with Crippen molar-refractivity contribution < 1.29 is 14.3 Å². The van der Waals surface area contributed by atoms with E-state index in [0.717, 1.165) is 6.42 Å². The highest BCUT2D eigenvalue weighted by Crippen LogP contribution is 2.06. The quantitative estimate of drug-likeness (QED) is 0.737. The van der Waals surface area contributed by atoms with Crippen molar-refractivity contribution in [3.8, 4) is 0 Å². The maximum absolute atomic E-state index is 11.6. The van der Waals surface area contributed by atoms with Crippen LogP contribution in [0.3, 0.4) is 0 Å². The van der Waals surface area contributed by atoms with Gasteiger partial charge in [-0.15, -0.1) is 0 Å². The number of ketones is 1. The van der Waals surface area contributed by atoms with Crippen molar-refractivity contribution in [2.24, 2.45) is 5.92 Å². The van der Waals surface area contributed by atoms with E-state index in [1.54, 1.807) is 0 Å². The van der Waals surface area contributed by atoms with Crippen molar-refractivity contribution in [2.45, 2.75) is 39.7 Å². The third-order valence-corrected chi connectivity index (χ3v) is 1.97. The van der Waals surface area contributed by atoms with Gasteiger partial charge in [0.15, 0.2) is 5.78 Å². The molecule has 4 heteroatoms. The van der Waals surface area contributed by atoms with E-state index in [1.165, 1.54) is 7.11 Å². The summed E-state index contributed by atoms with van der Waals surface area (Å²) in [6.07, 6.45) is 0.741. The molecule has 0 fully saturated rings. The molecule has 0 aromatic carbocycles. The Labute approximate surface area is 85.0 Å². The summed E-state index contributed by atoms with van der Waals surface area (Å²) in [6, 6.07) is -0.428. The van der Waals surface area contributed by atoms with Gasteiger partial charge in [0, 0.05) is 6.42 Å². The third kappa shape index (κ3) is 4.25. The molecule has 0 saturated carbocycles. The van der Waals surface area contributed by atoms with E-state index in [9.17, 15) is 9.59 Å². The normalized spacial score (nSPS) is 12.4. The number of ether oxygens (including phenoxy) is 1.